The number of anilines is 2. The van der Waals surface area contributed by atoms with E-state index in [1.54, 1.807) is 25.3 Å². The van der Waals surface area contributed by atoms with E-state index in [2.05, 4.69) is 30.4 Å². The summed E-state index contributed by atoms with van der Waals surface area (Å²) in [7, 11) is 0. The Hall–Kier alpha value is -4.35. The van der Waals surface area contributed by atoms with Crippen molar-refractivity contribution >= 4 is 28.4 Å². The van der Waals surface area contributed by atoms with E-state index in [0.717, 1.165) is 22.8 Å². The van der Waals surface area contributed by atoms with Gasteiger partial charge < -0.3 is 16.0 Å². The summed E-state index contributed by atoms with van der Waals surface area (Å²) >= 11 is 0. The van der Waals surface area contributed by atoms with Crippen molar-refractivity contribution in [1.29, 1.82) is 0 Å². The highest BCUT2D eigenvalue weighted by atomic mass is 19.1. The van der Waals surface area contributed by atoms with Gasteiger partial charge in [0.05, 0.1) is 18.1 Å². The van der Waals surface area contributed by atoms with Crippen molar-refractivity contribution in [3.63, 3.8) is 0 Å². The van der Waals surface area contributed by atoms with Crippen LogP contribution in [-0.2, 0) is 0 Å². The summed E-state index contributed by atoms with van der Waals surface area (Å²) in [4.78, 5) is 28.4. The second-order valence-corrected chi connectivity index (χ2v) is 6.86. The number of nitrogens with one attached hydrogen (secondary N) is 2. The largest absolute Gasteiger partial charge is 0.368 e. The maximum Gasteiger partial charge on any atom is 0.282 e. The first-order chi connectivity index (χ1) is 14.9. The van der Waals surface area contributed by atoms with Gasteiger partial charge in [0.1, 0.15) is 22.7 Å². The van der Waals surface area contributed by atoms with Gasteiger partial charge in [-0.05, 0) is 31.2 Å². The summed E-state index contributed by atoms with van der Waals surface area (Å²) in [5.41, 5.74) is 6.41. The number of rotatable bonds is 4. The lowest BCUT2D eigenvalue weighted by Crippen LogP contribution is -2.29. The molecule has 10 nitrogen and oxygen atoms in total. The molecule has 0 aliphatic carbocycles. The zero-order chi connectivity index (χ0) is 21.7. The fourth-order valence-corrected chi connectivity index (χ4v) is 3.42. The molecule has 0 fully saturated rings. The number of imidazole rings is 1. The Morgan fingerprint density at radius 1 is 1.19 bits per heavy atom. The second-order valence-electron chi connectivity index (χ2n) is 6.86. The van der Waals surface area contributed by atoms with Crippen LogP contribution in [0.1, 0.15) is 18.8 Å². The van der Waals surface area contributed by atoms with Crippen molar-refractivity contribution in [2.24, 2.45) is 0 Å². The molecule has 0 spiro atoms. The molecule has 0 radical (unpaired) electrons. The highest BCUT2D eigenvalue weighted by Gasteiger charge is 2.21. The molecule has 5 aromatic rings. The normalized spacial score (nSPS) is 12.5. The third-order valence-electron chi connectivity index (χ3n) is 4.74. The van der Waals surface area contributed by atoms with Gasteiger partial charge in [0, 0.05) is 12.3 Å². The molecule has 0 aliphatic rings. The Kier molecular flexibility index (Phi) is 4.13. The number of benzene rings is 1. The average Bonchev–Trinajstić information content (AvgIpc) is 3.36. The van der Waals surface area contributed by atoms with Gasteiger partial charge in [0.2, 0.25) is 5.95 Å². The van der Waals surface area contributed by atoms with Crippen molar-refractivity contribution in [3.8, 4) is 5.69 Å². The summed E-state index contributed by atoms with van der Waals surface area (Å²) in [6.45, 7) is 1.73. The van der Waals surface area contributed by atoms with Crippen LogP contribution in [0.15, 0.2) is 47.7 Å². The Balaban J connectivity index is 1.69. The first kappa shape index (κ1) is 18.7. The lowest BCUT2D eigenvalue weighted by Gasteiger charge is -2.20. The maximum atomic E-state index is 13.9. The number of nitrogen functional groups attached to an aromatic ring is 1. The topological polar surface area (TPSA) is 132 Å². The van der Waals surface area contributed by atoms with E-state index < -0.39 is 23.2 Å². The summed E-state index contributed by atoms with van der Waals surface area (Å²) < 4.78 is 30.4. The number of hydrogen-bond acceptors (Lipinski definition) is 7. The molecule has 5 rings (SSSR count). The minimum Gasteiger partial charge on any atom is -0.368 e. The van der Waals surface area contributed by atoms with Gasteiger partial charge in [0.15, 0.2) is 17.3 Å². The zero-order valence-corrected chi connectivity index (χ0v) is 16.0. The SMILES string of the molecule is C[C@H](Nc1nc(N)nc2nc[nH]c12)c1nn2cccc2c(=O)n1-c1cc(F)cc(F)c1. The predicted octanol–water partition coefficient (Wildman–Crippen LogP) is 2.18. The van der Waals surface area contributed by atoms with E-state index in [1.165, 1.54) is 10.8 Å². The molecule has 1 aromatic carbocycles. The van der Waals surface area contributed by atoms with Gasteiger partial charge in [0.25, 0.3) is 5.56 Å². The van der Waals surface area contributed by atoms with Gasteiger partial charge in [-0.15, -0.1) is 0 Å². The number of halogens is 2. The molecule has 0 saturated heterocycles. The number of nitrogens with zero attached hydrogens (tertiary/aromatic N) is 6. The first-order valence-corrected chi connectivity index (χ1v) is 9.20. The molecule has 4 heterocycles. The van der Waals surface area contributed by atoms with E-state index in [9.17, 15) is 13.6 Å². The van der Waals surface area contributed by atoms with Crippen LogP contribution >= 0.6 is 0 Å². The van der Waals surface area contributed by atoms with Crippen molar-refractivity contribution in [1.82, 2.24) is 34.1 Å². The Morgan fingerprint density at radius 2 is 1.97 bits per heavy atom. The third kappa shape index (κ3) is 3.13. The monoisotopic (exact) mass is 423 g/mol. The van der Waals surface area contributed by atoms with Crippen LogP contribution in [0, 0.1) is 11.6 Å². The number of hydrogen-bond donors (Lipinski definition) is 3. The summed E-state index contributed by atoms with van der Waals surface area (Å²) in [5, 5.41) is 7.62. The van der Waals surface area contributed by atoms with E-state index >= 15 is 0 Å². The predicted molar refractivity (Wildman–Crippen MR) is 109 cm³/mol. The molecular formula is C19H15F2N9O. The van der Waals surface area contributed by atoms with Gasteiger partial charge in [-0.3, -0.25) is 9.36 Å². The summed E-state index contributed by atoms with van der Waals surface area (Å²) in [5.74, 6) is -1.08. The van der Waals surface area contributed by atoms with E-state index in [1.807, 2.05) is 0 Å². The highest BCUT2D eigenvalue weighted by molar-refractivity contribution is 5.83. The molecule has 31 heavy (non-hydrogen) atoms. The Labute approximate surface area is 172 Å². The lowest BCUT2D eigenvalue weighted by atomic mass is 10.2. The number of aromatic amines is 1. The number of aromatic nitrogens is 7. The van der Waals surface area contributed by atoms with Crippen molar-refractivity contribution < 1.29 is 8.78 Å². The van der Waals surface area contributed by atoms with Crippen LogP contribution in [0.4, 0.5) is 20.5 Å². The number of fused-ring (bicyclic) bond motifs is 2. The molecular weight excluding hydrogens is 408 g/mol. The van der Waals surface area contributed by atoms with E-state index in [0.29, 0.717) is 17.0 Å². The van der Waals surface area contributed by atoms with Gasteiger partial charge in [-0.2, -0.15) is 15.1 Å². The maximum absolute atomic E-state index is 13.9. The summed E-state index contributed by atoms with van der Waals surface area (Å²) in [6, 6.07) is 5.46. The molecule has 12 heteroatoms. The molecule has 4 aromatic heterocycles. The van der Waals surface area contributed by atoms with Crippen LogP contribution in [0.2, 0.25) is 0 Å². The van der Waals surface area contributed by atoms with Crippen LogP contribution in [0.3, 0.4) is 0 Å². The van der Waals surface area contributed by atoms with Crippen LogP contribution in [-0.4, -0.2) is 34.1 Å². The fraction of sp³-hybridized carbons (Fsp3) is 0.105. The minimum absolute atomic E-state index is 0.00714. The molecule has 0 amide bonds. The molecule has 0 bridgehead atoms. The van der Waals surface area contributed by atoms with Crippen molar-refractivity contribution in [2.75, 3.05) is 11.1 Å². The number of H-pyrrole nitrogens is 1. The minimum atomic E-state index is -0.813. The van der Waals surface area contributed by atoms with Gasteiger partial charge in [-0.25, -0.2) is 18.3 Å². The van der Waals surface area contributed by atoms with Gasteiger partial charge >= 0.3 is 0 Å². The molecule has 156 valence electrons. The van der Waals surface area contributed by atoms with Crippen LogP contribution in [0.25, 0.3) is 22.4 Å². The fourth-order valence-electron chi connectivity index (χ4n) is 3.42. The summed E-state index contributed by atoms with van der Waals surface area (Å²) in [6.07, 6.45) is 3.06. The molecule has 1 atom stereocenters. The molecule has 0 saturated carbocycles. The lowest BCUT2D eigenvalue weighted by molar-refractivity contribution is 0.578. The first-order valence-electron chi connectivity index (χ1n) is 9.20. The zero-order valence-electron chi connectivity index (χ0n) is 16.0. The van der Waals surface area contributed by atoms with E-state index in [4.69, 9.17) is 5.73 Å². The quantitative estimate of drug-likeness (QED) is 0.404. The molecule has 4 N–H and O–H groups in total. The van der Waals surface area contributed by atoms with Crippen LogP contribution in [0.5, 0.6) is 0 Å². The molecule has 0 unspecified atom stereocenters. The second kappa shape index (κ2) is 6.86. The van der Waals surface area contributed by atoms with Crippen molar-refractivity contribution in [2.45, 2.75) is 13.0 Å². The average molecular weight is 423 g/mol. The Bertz CT molecular complexity index is 1480. The Morgan fingerprint density at radius 3 is 2.74 bits per heavy atom. The van der Waals surface area contributed by atoms with Crippen molar-refractivity contribution in [3.05, 3.63) is 70.7 Å². The number of nitrogens with two attached hydrogens (primary N) is 1. The van der Waals surface area contributed by atoms with Gasteiger partial charge in [-0.1, -0.05) is 0 Å². The van der Waals surface area contributed by atoms with Crippen LogP contribution < -0.4 is 16.6 Å². The standard InChI is InChI=1S/C19H15F2N9O/c1-9(25-16-14-15(24-8-23-14)26-19(22)27-16)17-28-29-4-2-3-13(29)18(31)30(17)12-6-10(20)5-11(21)7-12/h2-9H,1H3,(H4,22,23,24,25,26,27)/t9-/m0/s1. The molecule has 0 aliphatic heterocycles. The smallest absolute Gasteiger partial charge is 0.282 e. The third-order valence-corrected chi connectivity index (χ3v) is 4.74. The highest BCUT2D eigenvalue weighted by Crippen LogP contribution is 2.24. The van der Waals surface area contributed by atoms with E-state index in [-0.39, 0.29) is 23.0 Å².